The molecule has 1 aromatic heterocycles. The van der Waals surface area contributed by atoms with E-state index >= 15 is 0 Å². The lowest BCUT2D eigenvalue weighted by Crippen LogP contribution is -2.47. The average Bonchev–Trinajstić information content (AvgIpc) is 2.52. The van der Waals surface area contributed by atoms with Crippen LogP contribution in [-0.2, 0) is 0 Å². The lowest BCUT2D eigenvalue weighted by Gasteiger charge is -2.35. The largest absolute Gasteiger partial charge is 0.354 e. The van der Waals surface area contributed by atoms with E-state index < -0.39 is 0 Å². The number of benzene rings is 1. The van der Waals surface area contributed by atoms with Gasteiger partial charge in [0, 0.05) is 42.5 Å². The molecule has 0 radical (unpaired) electrons. The van der Waals surface area contributed by atoms with Gasteiger partial charge in [0.05, 0.1) is 5.52 Å². The van der Waals surface area contributed by atoms with Crippen LogP contribution in [0.4, 0.5) is 5.82 Å². The van der Waals surface area contributed by atoms with Crippen LogP contribution in [0.2, 0.25) is 5.02 Å². The predicted molar refractivity (Wildman–Crippen MR) is 90.7 cm³/mol. The van der Waals surface area contributed by atoms with Crippen LogP contribution in [0.1, 0.15) is 6.42 Å². The van der Waals surface area contributed by atoms with Crippen molar-refractivity contribution in [2.75, 3.05) is 43.5 Å². The third-order valence-corrected chi connectivity index (χ3v) is 4.45. The monoisotopic (exact) mass is 323 g/mol. The Morgan fingerprint density at radius 1 is 1.05 bits per heavy atom. The van der Waals surface area contributed by atoms with Crippen LogP contribution < -0.4 is 4.90 Å². The number of anilines is 1. The number of hydrogen-bond donors (Lipinski definition) is 0. The summed E-state index contributed by atoms with van der Waals surface area (Å²) in [4.78, 5) is 9.56. The zero-order chi connectivity index (χ0) is 14.7. The van der Waals surface area contributed by atoms with E-state index in [0.717, 1.165) is 66.8 Å². The molecule has 0 N–H and O–H groups in total. The van der Waals surface area contributed by atoms with Gasteiger partial charge < -0.3 is 4.90 Å². The van der Waals surface area contributed by atoms with Gasteiger partial charge in [0.15, 0.2) is 0 Å². The van der Waals surface area contributed by atoms with Crippen molar-refractivity contribution in [2.24, 2.45) is 0 Å². The first-order valence-corrected chi connectivity index (χ1v) is 8.27. The van der Waals surface area contributed by atoms with Crippen molar-refractivity contribution >= 4 is 39.9 Å². The molecular formula is C16H19Cl2N3. The summed E-state index contributed by atoms with van der Waals surface area (Å²) in [6.45, 7) is 5.28. The Hall–Kier alpha value is -1.03. The van der Waals surface area contributed by atoms with Crippen LogP contribution >= 0.6 is 23.2 Å². The van der Waals surface area contributed by atoms with E-state index in [1.165, 1.54) is 0 Å². The summed E-state index contributed by atoms with van der Waals surface area (Å²) in [5.74, 6) is 1.79. The number of hydrogen-bond acceptors (Lipinski definition) is 3. The normalized spacial score (nSPS) is 16.6. The fraction of sp³-hybridized carbons (Fsp3) is 0.438. The zero-order valence-corrected chi connectivity index (χ0v) is 13.4. The summed E-state index contributed by atoms with van der Waals surface area (Å²) in [6.07, 6.45) is 1.06. The van der Waals surface area contributed by atoms with Gasteiger partial charge in [-0.25, -0.2) is 4.98 Å². The van der Waals surface area contributed by atoms with Crippen molar-refractivity contribution in [3.63, 3.8) is 0 Å². The van der Waals surface area contributed by atoms with Gasteiger partial charge in [0.25, 0.3) is 0 Å². The molecule has 0 atom stereocenters. The number of rotatable bonds is 4. The summed E-state index contributed by atoms with van der Waals surface area (Å²) >= 11 is 11.8. The SMILES string of the molecule is ClCCCN1CCN(c2ccc3ccc(Cl)cc3n2)CC1. The van der Waals surface area contributed by atoms with Gasteiger partial charge in [0.1, 0.15) is 5.82 Å². The van der Waals surface area contributed by atoms with E-state index in [2.05, 4.69) is 21.9 Å². The molecule has 1 aliphatic heterocycles. The Morgan fingerprint density at radius 2 is 1.81 bits per heavy atom. The second-order valence-corrected chi connectivity index (χ2v) is 6.19. The molecule has 0 unspecified atom stereocenters. The van der Waals surface area contributed by atoms with Crippen LogP contribution in [0, 0.1) is 0 Å². The Kier molecular flexibility index (Phi) is 4.84. The second-order valence-electron chi connectivity index (χ2n) is 5.38. The highest BCUT2D eigenvalue weighted by atomic mass is 35.5. The minimum absolute atomic E-state index is 0.734. The van der Waals surface area contributed by atoms with Crippen LogP contribution in [0.25, 0.3) is 10.9 Å². The minimum Gasteiger partial charge on any atom is -0.354 e. The molecule has 2 aromatic rings. The Balaban J connectivity index is 1.70. The zero-order valence-electron chi connectivity index (χ0n) is 11.9. The molecule has 0 amide bonds. The maximum Gasteiger partial charge on any atom is 0.129 e. The molecule has 3 rings (SSSR count). The molecule has 0 saturated carbocycles. The number of piperazine rings is 1. The van der Waals surface area contributed by atoms with E-state index in [-0.39, 0.29) is 0 Å². The highest BCUT2D eigenvalue weighted by molar-refractivity contribution is 6.31. The molecule has 1 aliphatic rings. The van der Waals surface area contributed by atoms with E-state index in [1.54, 1.807) is 0 Å². The smallest absolute Gasteiger partial charge is 0.129 e. The molecular weight excluding hydrogens is 305 g/mol. The number of nitrogens with zero attached hydrogens (tertiary/aromatic N) is 3. The van der Waals surface area contributed by atoms with Crippen molar-refractivity contribution < 1.29 is 0 Å². The van der Waals surface area contributed by atoms with Gasteiger partial charge in [-0.1, -0.05) is 17.7 Å². The molecule has 0 spiro atoms. The molecule has 112 valence electrons. The quantitative estimate of drug-likeness (QED) is 0.801. The Morgan fingerprint density at radius 3 is 2.57 bits per heavy atom. The lowest BCUT2D eigenvalue weighted by atomic mass is 10.2. The highest BCUT2D eigenvalue weighted by Crippen LogP contribution is 2.22. The summed E-state index contributed by atoms with van der Waals surface area (Å²) in [7, 11) is 0. The van der Waals surface area contributed by atoms with Gasteiger partial charge in [-0.15, -0.1) is 11.6 Å². The van der Waals surface area contributed by atoms with Gasteiger partial charge in [-0.05, 0) is 37.2 Å². The highest BCUT2D eigenvalue weighted by Gasteiger charge is 2.17. The first kappa shape index (κ1) is 14.9. The van der Waals surface area contributed by atoms with Crippen LogP contribution in [0.3, 0.4) is 0 Å². The number of pyridine rings is 1. The van der Waals surface area contributed by atoms with Gasteiger partial charge in [-0.3, -0.25) is 4.90 Å². The van der Waals surface area contributed by atoms with Crippen molar-refractivity contribution in [1.29, 1.82) is 0 Å². The summed E-state index contributed by atoms with van der Waals surface area (Å²) < 4.78 is 0. The van der Waals surface area contributed by atoms with Crippen LogP contribution in [0.15, 0.2) is 30.3 Å². The molecule has 3 nitrogen and oxygen atoms in total. The third-order valence-electron chi connectivity index (χ3n) is 3.94. The standard InChI is InChI=1S/C16H19Cl2N3/c17-6-1-7-20-8-10-21(11-9-20)16-5-3-13-2-4-14(18)12-15(13)19-16/h2-5,12H,1,6-11H2. The fourth-order valence-corrected chi connectivity index (χ4v) is 3.03. The minimum atomic E-state index is 0.734. The topological polar surface area (TPSA) is 19.4 Å². The molecule has 0 bridgehead atoms. The molecule has 21 heavy (non-hydrogen) atoms. The maximum absolute atomic E-state index is 6.05. The van der Waals surface area contributed by atoms with Crippen LogP contribution in [-0.4, -0.2) is 48.5 Å². The molecule has 2 heterocycles. The predicted octanol–water partition coefficient (Wildman–Crippen LogP) is 3.64. The van der Waals surface area contributed by atoms with E-state index in [9.17, 15) is 0 Å². The average molecular weight is 324 g/mol. The van der Waals surface area contributed by atoms with Gasteiger partial charge in [0.2, 0.25) is 0 Å². The van der Waals surface area contributed by atoms with Crippen LogP contribution in [0.5, 0.6) is 0 Å². The van der Waals surface area contributed by atoms with Gasteiger partial charge in [-0.2, -0.15) is 0 Å². The lowest BCUT2D eigenvalue weighted by molar-refractivity contribution is 0.258. The number of fused-ring (bicyclic) bond motifs is 1. The summed E-state index contributed by atoms with van der Waals surface area (Å²) in [6, 6.07) is 10.1. The van der Waals surface area contributed by atoms with E-state index in [1.807, 2.05) is 18.2 Å². The summed E-state index contributed by atoms with van der Waals surface area (Å²) in [5.41, 5.74) is 0.963. The van der Waals surface area contributed by atoms with Crippen molar-refractivity contribution in [2.45, 2.75) is 6.42 Å². The van der Waals surface area contributed by atoms with Crippen molar-refractivity contribution in [3.8, 4) is 0 Å². The molecule has 1 aromatic carbocycles. The first-order chi connectivity index (χ1) is 10.3. The van der Waals surface area contributed by atoms with E-state index in [0.29, 0.717) is 0 Å². The third kappa shape index (κ3) is 3.60. The second kappa shape index (κ2) is 6.82. The maximum atomic E-state index is 6.05. The van der Waals surface area contributed by atoms with Crippen molar-refractivity contribution in [3.05, 3.63) is 35.4 Å². The number of alkyl halides is 1. The van der Waals surface area contributed by atoms with Crippen molar-refractivity contribution in [1.82, 2.24) is 9.88 Å². The molecule has 5 heteroatoms. The van der Waals surface area contributed by atoms with E-state index in [4.69, 9.17) is 28.2 Å². The molecule has 0 aliphatic carbocycles. The Labute approximate surface area is 135 Å². The fourth-order valence-electron chi connectivity index (χ4n) is 2.74. The molecule has 1 fully saturated rings. The molecule has 1 saturated heterocycles. The Bertz CT molecular complexity index is 609. The van der Waals surface area contributed by atoms with Gasteiger partial charge >= 0.3 is 0 Å². The number of halogens is 2. The first-order valence-electron chi connectivity index (χ1n) is 7.36. The summed E-state index contributed by atoms with van der Waals surface area (Å²) in [5, 5.41) is 1.86. The number of aromatic nitrogens is 1.